The summed E-state index contributed by atoms with van der Waals surface area (Å²) in [5.41, 5.74) is 4.30. The Hall–Kier alpha value is -2.01. The minimum absolute atomic E-state index is 0.462. The van der Waals surface area contributed by atoms with Crippen LogP contribution in [0.4, 0.5) is 0 Å². The van der Waals surface area contributed by atoms with Crippen molar-refractivity contribution in [3.8, 4) is 11.4 Å². The summed E-state index contributed by atoms with van der Waals surface area (Å²) in [5.74, 6) is 0.758. The van der Waals surface area contributed by atoms with Gasteiger partial charge in [0.15, 0.2) is 5.82 Å². The van der Waals surface area contributed by atoms with E-state index in [0.717, 1.165) is 34.4 Å². The van der Waals surface area contributed by atoms with Crippen LogP contribution in [0, 0.1) is 11.7 Å². The van der Waals surface area contributed by atoms with Crippen LogP contribution in [-0.4, -0.2) is 20.2 Å². The van der Waals surface area contributed by atoms with Gasteiger partial charge in [-0.25, -0.2) is 0 Å². The Bertz CT molecular complexity index is 801. The van der Waals surface area contributed by atoms with Crippen molar-refractivity contribution in [2.45, 2.75) is 20.3 Å². The number of pyridine rings is 1. The van der Waals surface area contributed by atoms with E-state index in [0.29, 0.717) is 4.77 Å². The highest BCUT2D eigenvalue weighted by Gasteiger charge is 2.10. The molecular weight excluding hydrogens is 256 g/mol. The summed E-state index contributed by atoms with van der Waals surface area (Å²) in [6.45, 7) is 4.14. The third-order valence-corrected chi connectivity index (χ3v) is 3.38. The average Bonchev–Trinajstić information content (AvgIpc) is 2.83. The summed E-state index contributed by atoms with van der Waals surface area (Å²) >= 11 is 5.02. The zero-order valence-corrected chi connectivity index (χ0v) is 11.6. The highest BCUT2D eigenvalue weighted by molar-refractivity contribution is 7.71. The molecule has 2 heterocycles. The Kier molecular flexibility index (Phi) is 2.91. The van der Waals surface area contributed by atoms with E-state index in [1.165, 1.54) is 5.56 Å². The highest BCUT2D eigenvalue weighted by atomic mass is 32.1. The van der Waals surface area contributed by atoms with Crippen molar-refractivity contribution in [3.05, 3.63) is 40.3 Å². The third kappa shape index (κ3) is 2.06. The molecule has 0 fully saturated rings. The van der Waals surface area contributed by atoms with Gasteiger partial charge in [0, 0.05) is 16.6 Å². The number of hydrogen-bond acceptors (Lipinski definition) is 3. The number of fused-ring (bicyclic) bond motifs is 1. The van der Waals surface area contributed by atoms with Gasteiger partial charge in [0.25, 0.3) is 0 Å². The fraction of sp³-hybridized carbons (Fsp3) is 0.214. The second-order valence-electron chi connectivity index (χ2n) is 4.49. The topological polar surface area (TPSA) is 57.4 Å². The molecule has 0 aliphatic heterocycles. The van der Waals surface area contributed by atoms with E-state index in [-0.39, 0.29) is 0 Å². The lowest BCUT2D eigenvalue weighted by Gasteiger charge is -2.08. The first kappa shape index (κ1) is 12.0. The summed E-state index contributed by atoms with van der Waals surface area (Å²) in [6, 6.07) is 8.28. The van der Waals surface area contributed by atoms with Crippen molar-refractivity contribution >= 4 is 23.1 Å². The SMILES string of the molecule is CCc1cccc2c(-c3nc(=S)[nH][nH]3)cc(C)nc12. The molecule has 0 saturated heterocycles. The number of nitrogens with one attached hydrogen (secondary N) is 2. The molecule has 0 spiro atoms. The summed E-state index contributed by atoms with van der Waals surface area (Å²) in [6.07, 6.45) is 0.962. The molecule has 0 atom stereocenters. The van der Waals surface area contributed by atoms with E-state index in [1.807, 2.05) is 13.0 Å². The van der Waals surface area contributed by atoms with Crippen LogP contribution in [0.3, 0.4) is 0 Å². The van der Waals surface area contributed by atoms with Gasteiger partial charge in [0.05, 0.1) is 5.52 Å². The van der Waals surface area contributed by atoms with Gasteiger partial charge in [-0.3, -0.25) is 15.2 Å². The predicted octanol–water partition coefficient (Wildman–Crippen LogP) is 3.55. The molecule has 0 bridgehead atoms. The normalized spacial score (nSPS) is 11.1. The Morgan fingerprint density at radius 1 is 1.21 bits per heavy atom. The first-order valence-corrected chi connectivity index (χ1v) is 6.64. The van der Waals surface area contributed by atoms with Crippen LogP contribution < -0.4 is 0 Å². The van der Waals surface area contributed by atoms with Crippen molar-refractivity contribution in [1.82, 2.24) is 20.2 Å². The smallest absolute Gasteiger partial charge is 0.213 e. The Morgan fingerprint density at radius 3 is 2.74 bits per heavy atom. The van der Waals surface area contributed by atoms with E-state index in [2.05, 4.69) is 45.3 Å². The summed E-state index contributed by atoms with van der Waals surface area (Å²) < 4.78 is 0.462. The lowest BCUT2D eigenvalue weighted by Crippen LogP contribution is -1.93. The number of H-pyrrole nitrogens is 2. The zero-order chi connectivity index (χ0) is 13.4. The molecule has 0 aliphatic rings. The molecule has 2 N–H and O–H groups in total. The van der Waals surface area contributed by atoms with Gasteiger partial charge in [-0.05, 0) is 37.2 Å². The molecule has 4 nitrogen and oxygen atoms in total. The largest absolute Gasteiger partial charge is 0.282 e. The number of para-hydroxylation sites is 1. The van der Waals surface area contributed by atoms with Crippen molar-refractivity contribution in [1.29, 1.82) is 0 Å². The summed E-state index contributed by atoms with van der Waals surface area (Å²) in [7, 11) is 0. The minimum Gasteiger partial charge on any atom is -0.282 e. The van der Waals surface area contributed by atoms with Gasteiger partial charge in [-0.2, -0.15) is 4.98 Å². The molecule has 2 aromatic heterocycles. The van der Waals surface area contributed by atoms with E-state index < -0.39 is 0 Å². The van der Waals surface area contributed by atoms with Crippen molar-refractivity contribution in [2.24, 2.45) is 0 Å². The van der Waals surface area contributed by atoms with E-state index in [1.54, 1.807) is 0 Å². The van der Waals surface area contributed by atoms with Crippen molar-refractivity contribution in [3.63, 3.8) is 0 Å². The molecule has 0 amide bonds. The number of hydrogen-bond donors (Lipinski definition) is 2. The molecule has 1 aromatic carbocycles. The number of nitrogens with zero attached hydrogens (tertiary/aromatic N) is 2. The monoisotopic (exact) mass is 270 g/mol. The third-order valence-electron chi connectivity index (χ3n) is 3.19. The number of aromatic nitrogens is 4. The number of benzene rings is 1. The van der Waals surface area contributed by atoms with Crippen LogP contribution in [0.1, 0.15) is 18.2 Å². The zero-order valence-electron chi connectivity index (χ0n) is 10.8. The van der Waals surface area contributed by atoms with Crippen LogP contribution in [0.5, 0.6) is 0 Å². The molecule has 3 rings (SSSR count). The van der Waals surface area contributed by atoms with Gasteiger partial charge >= 0.3 is 0 Å². The minimum atomic E-state index is 0.462. The molecule has 96 valence electrons. The number of aromatic amines is 2. The van der Waals surface area contributed by atoms with Gasteiger partial charge in [0.1, 0.15) is 0 Å². The maximum Gasteiger partial charge on any atom is 0.213 e. The second-order valence-corrected chi connectivity index (χ2v) is 4.88. The second kappa shape index (κ2) is 4.59. The van der Waals surface area contributed by atoms with Crippen LogP contribution in [-0.2, 0) is 6.42 Å². The van der Waals surface area contributed by atoms with Crippen LogP contribution in [0.2, 0.25) is 0 Å². The molecular formula is C14H14N4S. The van der Waals surface area contributed by atoms with Crippen molar-refractivity contribution in [2.75, 3.05) is 0 Å². The molecule has 0 radical (unpaired) electrons. The molecule has 5 heteroatoms. The Balaban J connectivity index is 2.39. The molecule has 19 heavy (non-hydrogen) atoms. The first-order valence-electron chi connectivity index (χ1n) is 6.23. The van der Waals surface area contributed by atoms with Gasteiger partial charge < -0.3 is 0 Å². The fourth-order valence-electron chi connectivity index (χ4n) is 2.31. The highest BCUT2D eigenvalue weighted by Crippen LogP contribution is 2.28. The lowest BCUT2D eigenvalue weighted by atomic mass is 10.0. The summed E-state index contributed by atoms with van der Waals surface area (Å²) in [4.78, 5) is 8.97. The quantitative estimate of drug-likeness (QED) is 0.700. The van der Waals surface area contributed by atoms with Gasteiger partial charge in [0.2, 0.25) is 4.77 Å². The Morgan fingerprint density at radius 2 is 2.05 bits per heavy atom. The first-order chi connectivity index (χ1) is 9.19. The van der Waals surface area contributed by atoms with Crippen LogP contribution in [0.15, 0.2) is 24.3 Å². The van der Waals surface area contributed by atoms with Crippen LogP contribution >= 0.6 is 12.2 Å². The van der Waals surface area contributed by atoms with E-state index >= 15 is 0 Å². The molecule has 0 saturated carbocycles. The Labute approximate surface area is 115 Å². The van der Waals surface area contributed by atoms with Crippen LogP contribution in [0.25, 0.3) is 22.3 Å². The van der Waals surface area contributed by atoms with E-state index in [9.17, 15) is 0 Å². The molecule has 3 aromatic rings. The standard InChI is InChI=1S/C14H14N4S/c1-3-9-5-4-6-10-11(7-8(2)15-12(9)10)13-16-14(19)18-17-13/h4-7H,3H2,1-2H3,(H2,16,17,18,19). The number of aryl methyl sites for hydroxylation is 2. The van der Waals surface area contributed by atoms with Gasteiger partial charge in [-0.15, -0.1) is 0 Å². The molecule has 0 unspecified atom stereocenters. The fourth-order valence-corrected chi connectivity index (χ4v) is 2.46. The maximum atomic E-state index is 5.02. The van der Waals surface area contributed by atoms with Crippen molar-refractivity contribution < 1.29 is 0 Å². The molecule has 0 aliphatic carbocycles. The lowest BCUT2D eigenvalue weighted by molar-refractivity contribution is 1.08. The average molecular weight is 270 g/mol. The van der Waals surface area contributed by atoms with E-state index in [4.69, 9.17) is 12.2 Å². The van der Waals surface area contributed by atoms with Gasteiger partial charge in [-0.1, -0.05) is 25.1 Å². The predicted molar refractivity (Wildman–Crippen MR) is 78.6 cm³/mol. The summed E-state index contributed by atoms with van der Waals surface area (Å²) in [5, 5.41) is 6.95. The number of rotatable bonds is 2. The maximum absolute atomic E-state index is 5.02.